The van der Waals surface area contributed by atoms with Gasteiger partial charge in [-0.1, -0.05) is 19.9 Å². The van der Waals surface area contributed by atoms with E-state index in [-0.39, 0.29) is 28.8 Å². The first kappa shape index (κ1) is 18.0. The number of rotatable bonds is 2. The van der Waals surface area contributed by atoms with Crippen molar-refractivity contribution in [2.75, 3.05) is 17.2 Å². The Kier molecular flexibility index (Phi) is 4.06. The molecule has 4 rings (SSSR count). The minimum atomic E-state index is -0.630. The summed E-state index contributed by atoms with van der Waals surface area (Å²) in [5.41, 5.74) is 7.78. The fourth-order valence-electron chi connectivity index (χ4n) is 3.79. The number of hydrogen-bond acceptors (Lipinski definition) is 5. The van der Waals surface area contributed by atoms with Gasteiger partial charge in [-0.25, -0.2) is 0 Å². The summed E-state index contributed by atoms with van der Waals surface area (Å²) < 4.78 is 1.20. The van der Waals surface area contributed by atoms with Gasteiger partial charge in [0.25, 0.3) is 17.4 Å². The quantitative estimate of drug-likeness (QED) is 0.761. The zero-order valence-corrected chi connectivity index (χ0v) is 15.6. The maximum atomic E-state index is 12.7. The number of imide groups is 1. The molecule has 3 heterocycles. The Morgan fingerprint density at radius 2 is 1.89 bits per heavy atom. The second-order valence-corrected chi connectivity index (χ2v) is 7.34. The number of nitrogens with one attached hydrogen (secondary N) is 1. The molecule has 3 N–H and O–H groups in total. The van der Waals surface area contributed by atoms with Gasteiger partial charge in [0.05, 0.1) is 16.8 Å². The highest BCUT2D eigenvalue weighted by atomic mass is 16.2. The molecule has 3 amide bonds. The standard InChI is InChI=1S/C20H20N4O4/c1-10(2)20(28)23-7-3-4-11-5-6-12(8-14(11)23)24-15(25)9-13-16(17(24)21)19(27)22-18(13)26/h5-6,8-10H,3-4,7,21H2,1-2H3,(H,22,26,27). The molecule has 8 heteroatoms. The van der Waals surface area contributed by atoms with E-state index >= 15 is 0 Å². The van der Waals surface area contributed by atoms with Crippen LogP contribution in [0.25, 0.3) is 5.69 Å². The molecule has 2 aliphatic heterocycles. The van der Waals surface area contributed by atoms with Crippen LogP contribution in [0.5, 0.6) is 0 Å². The normalized spacial score (nSPS) is 15.5. The maximum Gasteiger partial charge on any atom is 0.262 e. The summed E-state index contributed by atoms with van der Waals surface area (Å²) in [4.78, 5) is 50.9. The number of benzene rings is 1. The van der Waals surface area contributed by atoms with Gasteiger partial charge in [-0.2, -0.15) is 0 Å². The van der Waals surface area contributed by atoms with Crippen molar-refractivity contribution in [1.29, 1.82) is 0 Å². The van der Waals surface area contributed by atoms with Crippen molar-refractivity contribution >= 4 is 29.2 Å². The molecule has 1 aromatic carbocycles. The number of carbonyl (C=O) groups is 3. The summed E-state index contributed by atoms with van der Waals surface area (Å²) in [7, 11) is 0. The van der Waals surface area contributed by atoms with Crippen LogP contribution in [0.15, 0.2) is 29.1 Å². The Morgan fingerprint density at radius 3 is 2.61 bits per heavy atom. The lowest BCUT2D eigenvalue weighted by molar-refractivity contribution is -0.121. The fraction of sp³-hybridized carbons (Fsp3) is 0.300. The van der Waals surface area contributed by atoms with E-state index in [0.29, 0.717) is 12.2 Å². The molecule has 0 radical (unpaired) electrons. The Balaban J connectivity index is 1.89. The second kappa shape index (κ2) is 6.33. The van der Waals surface area contributed by atoms with Gasteiger partial charge in [0.1, 0.15) is 5.82 Å². The van der Waals surface area contributed by atoms with Crippen molar-refractivity contribution in [3.63, 3.8) is 0 Å². The minimum Gasteiger partial charge on any atom is -0.384 e. The van der Waals surface area contributed by atoms with Gasteiger partial charge in [-0.3, -0.25) is 29.1 Å². The number of nitrogen functional groups attached to an aromatic ring is 1. The van der Waals surface area contributed by atoms with Crippen molar-refractivity contribution in [2.24, 2.45) is 5.92 Å². The van der Waals surface area contributed by atoms with Crippen molar-refractivity contribution in [3.05, 3.63) is 51.3 Å². The number of carbonyl (C=O) groups excluding carboxylic acids is 3. The lowest BCUT2D eigenvalue weighted by Crippen LogP contribution is -2.38. The van der Waals surface area contributed by atoms with Gasteiger partial charge in [0.15, 0.2) is 0 Å². The van der Waals surface area contributed by atoms with Crippen LogP contribution >= 0.6 is 0 Å². The topological polar surface area (TPSA) is 114 Å². The molecule has 144 valence electrons. The number of fused-ring (bicyclic) bond motifs is 2. The number of amides is 3. The number of aromatic nitrogens is 1. The predicted octanol–water partition coefficient (Wildman–Crippen LogP) is 1.24. The predicted molar refractivity (Wildman–Crippen MR) is 104 cm³/mol. The number of nitrogens with zero attached hydrogens (tertiary/aromatic N) is 2. The third-order valence-electron chi connectivity index (χ3n) is 5.16. The van der Waals surface area contributed by atoms with E-state index in [9.17, 15) is 19.2 Å². The molecular formula is C20H20N4O4. The fourth-order valence-corrected chi connectivity index (χ4v) is 3.79. The molecule has 2 aromatic rings. The first-order valence-corrected chi connectivity index (χ1v) is 9.15. The Labute approximate surface area is 160 Å². The first-order chi connectivity index (χ1) is 13.3. The lowest BCUT2D eigenvalue weighted by Gasteiger charge is -2.31. The zero-order valence-electron chi connectivity index (χ0n) is 15.6. The molecule has 0 aliphatic carbocycles. The molecule has 0 fully saturated rings. The number of aryl methyl sites for hydroxylation is 1. The average molecular weight is 380 g/mol. The monoisotopic (exact) mass is 380 g/mol. The Hall–Kier alpha value is -3.42. The van der Waals surface area contributed by atoms with Crippen molar-refractivity contribution in [3.8, 4) is 5.69 Å². The summed E-state index contributed by atoms with van der Waals surface area (Å²) in [5, 5.41) is 2.15. The van der Waals surface area contributed by atoms with Gasteiger partial charge < -0.3 is 10.6 Å². The maximum absolute atomic E-state index is 12.7. The zero-order chi connectivity index (χ0) is 20.2. The van der Waals surface area contributed by atoms with E-state index in [1.165, 1.54) is 4.57 Å². The van der Waals surface area contributed by atoms with Gasteiger partial charge in [-0.15, -0.1) is 0 Å². The molecule has 0 spiro atoms. The van der Waals surface area contributed by atoms with Crippen molar-refractivity contribution < 1.29 is 14.4 Å². The van der Waals surface area contributed by atoms with Gasteiger partial charge in [-0.05, 0) is 30.5 Å². The lowest BCUT2D eigenvalue weighted by atomic mass is 9.99. The van der Waals surface area contributed by atoms with Gasteiger partial charge in [0.2, 0.25) is 5.91 Å². The van der Waals surface area contributed by atoms with Crippen LogP contribution in [0.1, 0.15) is 46.5 Å². The summed E-state index contributed by atoms with van der Waals surface area (Å²) >= 11 is 0. The molecule has 0 atom stereocenters. The Bertz CT molecular complexity index is 1100. The molecule has 0 bridgehead atoms. The molecule has 0 unspecified atom stereocenters. The number of pyridine rings is 1. The van der Waals surface area contributed by atoms with E-state index in [2.05, 4.69) is 5.32 Å². The van der Waals surface area contributed by atoms with Crippen LogP contribution in [0.2, 0.25) is 0 Å². The summed E-state index contributed by atoms with van der Waals surface area (Å²) in [6, 6.07) is 6.46. The van der Waals surface area contributed by atoms with Gasteiger partial charge >= 0.3 is 0 Å². The first-order valence-electron chi connectivity index (χ1n) is 9.15. The molecule has 0 saturated carbocycles. The molecule has 1 aromatic heterocycles. The smallest absolute Gasteiger partial charge is 0.262 e. The van der Waals surface area contributed by atoms with E-state index in [0.717, 1.165) is 30.2 Å². The van der Waals surface area contributed by atoms with Crippen LogP contribution in [-0.2, 0) is 11.2 Å². The Morgan fingerprint density at radius 1 is 1.14 bits per heavy atom. The van der Waals surface area contributed by atoms with Crippen LogP contribution in [0, 0.1) is 5.92 Å². The molecule has 2 aliphatic rings. The van der Waals surface area contributed by atoms with E-state index < -0.39 is 17.4 Å². The second-order valence-electron chi connectivity index (χ2n) is 7.34. The van der Waals surface area contributed by atoms with Gasteiger partial charge in [0, 0.05) is 24.2 Å². The van der Waals surface area contributed by atoms with Crippen molar-refractivity contribution in [2.45, 2.75) is 26.7 Å². The molecular weight excluding hydrogens is 360 g/mol. The molecule has 28 heavy (non-hydrogen) atoms. The largest absolute Gasteiger partial charge is 0.384 e. The number of nitrogens with two attached hydrogens (primary N) is 1. The van der Waals surface area contributed by atoms with Crippen LogP contribution in [0.3, 0.4) is 0 Å². The highest BCUT2D eigenvalue weighted by molar-refractivity contribution is 6.23. The summed E-state index contributed by atoms with van der Waals surface area (Å²) in [6.45, 7) is 4.30. The third-order valence-corrected chi connectivity index (χ3v) is 5.16. The third kappa shape index (κ3) is 2.60. The number of hydrogen-bond donors (Lipinski definition) is 2. The van der Waals surface area contributed by atoms with Crippen LogP contribution < -0.4 is 21.5 Å². The van der Waals surface area contributed by atoms with Crippen molar-refractivity contribution in [1.82, 2.24) is 9.88 Å². The highest BCUT2D eigenvalue weighted by Gasteiger charge is 2.32. The molecule has 0 saturated heterocycles. The van der Waals surface area contributed by atoms with E-state index in [1.54, 1.807) is 17.0 Å². The van der Waals surface area contributed by atoms with Crippen LogP contribution in [-0.4, -0.2) is 28.8 Å². The minimum absolute atomic E-state index is 0.00238. The number of anilines is 2. The van der Waals surface area contributed by atoms with Crippen LogP contribution in [0.4, 0.5) is 11.5 Å². The highest BCUT2D eigenvalue weighted by Crippen LogP contribution is 2.32. The van der Waals surface area contributed by atoms with E-state index in [1.807, 2.05) is 19.9 Å². The average Bonchev–Trinajstić information content (AvgIpc) is 2.94. The summed E-state index contributed by atoms with van der Waals surface area (Å²) in [5.74, 6) is -1.49. The van der Waals surface area contributed by atoms with E-state index in [4.69, 9.17) is 5.73 Å². The molecule has 8 nitrogen and oxygen atoms in total. The SMILES string of the molecule is CC(C)C(=O)N1CCCc2ccc(-n3c(N)c4c(cc3=O)C(=O)NC4=O)cc21. The summed E-state index contributed by atoms with van der Waals surface area (Å²) in [6.07, 6.45) is 1.71.